The van der Waals surface area contributed by atoms with Crippen LogP contribution in [0.4, 0.5) is 0 Å². The van der Waals surface area contributed by atoms with Crippen LogP contribution in [0.5, 0.6) is 5.75 Å². The van der Waals surface area contributed by atoms with Crippen LogP contribution in [0.2, 0.25) is 0 Å². The highest BCUT2D eigenvalue weighted by atomic mass is 127. The number of aldehydes is 1. The number of hydrogen-bond donors (Lipinski definition) is 1. The minimum atomic E-state index is 0.207. The summed E-state index contributed by atoms with van der Waals surface area (Å²) in [6.45, 7) is 1.87. The third-order valence-electron chi connectivity index (χ3n) is 1.51. The molecule has 0 aliphatic heterocycles. The summed E-state index contributed by atoms with van der Waals surface area (Å²) >= 11 is 4.02. The Morgan fingerprint density at radius 1 is 1.42 bits per heavy atom. The van der Waals surface area contributed by atoms with Crippen molar-refractivity contribution in [1.82, 2.24) is 0 Å². The molecule has 1 N–H and O–H groups in total. The molecule has 0 unspecified atom stereocenters. The second-order valence-electron chi connectivity index (χ2n) is 2.38. The Labute approximate surface area is 97.6 Å². The molecule has 0 aromatic heterocycles. The minimum absolute atomic E-state index is 0.207. The number of phenolic OH excluding ortho intramolecular Hbond substituents is 1. The lowest BCUT2D eigenvalue weighted by atomic mass is 10.1. The predicted octanol–water partition coefficient (Wildman–Crippen LogP) is 2.72. The van der Waals surface area contributed by atoms with E-state index >= 15 is 0 Å². The molecule has 0 atom stereocenters. The molecule has 64 valence electrons. The summed E-state index contributed by atoms with van der Waals surface area (Å²) in [7, 11) is 0. The maximum absolute atomic E-state index is 10.5. The van der Waals surface area contributed by atoms with Gasteiger partial charge in [0.1, 0.15) is 5.75 Å². The van der Waals surface area contributed by atoms with E-state index in [4.69, 9.17) is 0 Å². The van der Waals surface area contributed by atoms with Crippen molar-refractivity contribution in [2.45, 2.75) is 6.92 Å². The average molecular weight is 388 g/mol. The van der Waals surface area contributed by atoms with E-state index in [1.54, 1.807) is 6.07 Å². The van der Waals surface area contributed by atoms with E-state index in [-0.39, 0.29) is 5.75 Å². The molecule has 12 heavy (non-hydrogen) atoms. The first-order valence-corrected chi connectivity index (χ1v) is 5.36. The third-order valence-corrected chi connectivity index (χ3v) is 4.01. The fourth-order valence-corrected chi connectivity index (χ4v) is 2.36. The second-order valence-corrected chi connectivity index (χ2v) is 4.53. The molecule has 0 saturated heterocycles. The highest BCUT2D eigenvalue weighted by Gasteiger charge is 2.10. The number of carbonyl (C=O) groups excluding carboxylic acids is 1. The van der Waals surface area contributed by atoms with Gasteiger partial charge in [-0.15, -0.1) is 0 Å². The van der Waals surface area contributed by atoms with Crippen molar-refractivity contribution in [1.29, 1.82) is 0 Å². The molecule has 1 rings (SSSR count). The average Bonchev–Trinajstić information content (AvgIpc) is 2.08. The number of halogens is 2. The number of benzene rings is 1. The van der Waals surface area contributed by atoms with Crippen molar-refractivity contribution in [2.24, 2.45) is 0 Å². The molecule has 4 heteroatoms. The summed E-state index contributed by atoms with van der Waals surface area (Å²) < 4.78 is 1.43. The Kier molecular flexibility index (Phi) is 3.33. The van der Waals surface area contributed by atoms with Gasteiger partial charge in [-0.3, -0.25) is 4.79 Å². The minimum Gasteiger partial charge on any atom is -0.506 e. The summed E-state index contributed by atoms with van der Waals surface area (Å²) in [6.07, 6.45) is 0.755. The predicted molar refractivity (Wildman–Crippen MR) is 63.7 cm³/mol. The van der Waals surface area contributed by atoms with Gasteiger partial charge in [-0.05, 0) is 63.7 Å². The highest BCUT2D eigenvalue weighted by molar-refractivity contribution is 14.1. The Bertz CT molecular complexity index is 334. The lowest BCUT2D eigenvalue weighted by Crippen LogP contribution is -1.92. The topological polar surface area (TPSA) is 37.3 Å². The van der Waals surface area contributed by atoms with Crippen molar-refractivity contribution < 1.29 is 9.90 Å². The van der Waals surface area contributed by atoms with E-state index in [9.17, 15) is 9.90 Å². The zero-order valence-electron chi connectivity index (χ0n) is 6.27. The van der Waals surface area contributed by atoms with Crippen molar-refractivity contribution in [3.05, 3.63) is 24.3 Å². The SMILES string of the molecule is Cc1cc(C=O)c(I)c(O)c1I. The Hall–Kier alpha value is 0.150. The maximum atomic E-state index is 10.5. The van der Waals surface area contributed by atoms with E-state index < -0.39 is 0 Å². The van der Waals surface area contributed by atoms with Crippen molar-refractivity contribution in [3.63, 3.8) is 0 Å². The molecule has 0 bridgehead atoms. The largest absolute Gasteiger partial charge is 0.506 e. The summed E-state index contributed by atoms with van der Waals surface area (Å²) in [5, 5.41) is 9.53. The molecule has 0 aliphatic rings. The van der Waals surface area contributed by atoms with Crippen LogP contribution in [0.3, 0.4) is 0 Å². The van der Waals surface area contributed by atoms with E-state index in [0.717, 1.165) is 15.4 Å². The number of aryl methyl sites for hydroxylation is 1. The van der Waals surface area contributed by atoms with Crippen molar-refractivity contribution >= 4 is 51.5 Å². The van der Waals surface area contributed by atoms with Gasteiger partial charge in [0.2, 0.25) is 0 Å². The van der Waals surface area contributed by atoms with Gasteiger partial charge in [-0.25, -0.2) is 0 Å². The number of phenols is 1. The molecular weight excluding hydrogens is 382 g/mol. The zero-order chi connectivity index (χ0) is 9.30. The van der Waals surface area contributed by atoms with E-state index in [0.29, 0.717) is 9.13 Å². The molecule has 0 fully saturated rings. The summed E-state index contributed by atoms with van der Waals surface area (Å²) in [5.41, 5.74) is 1.47. The van der Waals surface area contributed by atoms with Crippen LogP contribution in [0.15, 0.2) is 6.07 Å². The summed E-state index contributed by atoms with van der Waals surface area (Å²) in [5.74, 6) is 0.207. The number of rotatable bonds is 1. The smallest absolute Gasteiger partial charge is 0.151 e. The molecule has 0 spiro atoms. The van der Waals surface area contributed by atoms with Gasteiger partial charge in [0, 0.05) is 5.56 Å². The standard InChI is InChI=1S/C8H6I2O2/c1-4-2-5(3-11)7(10)8(12)6(4)9/h2-3,12H,1H3. The highest BCUT2D eigenvalue weighted by Crippen LogP contribution is 2.30. The molecule has 2 nitrogen and oxygen atoms in total. The van der Waals surface area contributed by atoms with Crippen LogP contribution in [0, 0.1) is 14.1 Å². The summed E-state index contributed by atoms with van der Waals surface area (Å²) in [4.78, 5) is 10.5. The fourth-order valence-electron chi connectivity index (χ4n) is 0.866. The molecule has 0 heterocycles. The zero-order valence-corrected chi connectivity index (χ0v) is 10.6. The van der Waals surface area contributed by atoms with Crippen LogP contribution < -0.4 is 0 Å². The molecule has 1 aromatic rings. The number of carbonyl (C=O) groups is 1. The summed E-state index contributed by atoms with van der Waals surface area (Å²) in [6, 6.07) is 1.77. The lowest BCUT2D eigenvalue weighted by Gasteiger charge is -2.05. The van der Waals surface area contributed by atoms with E-state index in [1.807, 2.05) is 29.5 Å². The van der Waals surface area contributed by atoms with Gasteiger partial charge < -0.3 is 5.11 Å². The first-order valence-electron chi connectivity index (χ1n) is 3.20. The van der Waals surface area contributed by atoms with Gasteiger partial charge in [0.15, 0.2) is 6.29 Å². The molecule has 0 radical (unpaired) electrons. The molecule has 0 amide bonds. The van der Waals surface area contributed by atoms with Gasteiger partial charge in [-0.2, -0.15) is 0 Å². The van der Waals surface area contributed by atoms with Crippen LogP contribution in [-0.4, -0.2) is 11.4 Å². The van der Waals surface area contributed by atoms with E-state index in [1.165, 1.54) is 0 Å². The normalized spacial score (nSPS) is 9.92. The Morgan fingerprint density at radius 3 is 2.50 bits per heavy atom. The van der Waals surface area contributed by atoms with Crippen molar-refractivity contribution in [3.8, 4) is 5.75 Å². The van der Waals surface area contributed by atoms with E-state index in [2.05, 4.69) is 22.6 Å². The maximum Gasteiger partial charge on any atom is 0.151 e. The Balaban J connectivity index is 3.49. The van der Waals surface area contributed by atoms with Crippen LogP contribution in [-0.2, 0) is 0 Å². The second kappa shape index (κ2) is 3.91. The van der Waals surface area contributed by atoms with Gasteiger partial charge in [-0.1, -0.05) is 0 Å². The first-order chi connectivity index (χ1) is 5.57. The monoisotopic (exact) mass is 388 g/mol. The Morgan fingerprint density at radius 2 is 2.00 bits per heavy atom. The van der Waals surface area contributed by atoms with Crippen LogP contribution >= 0.6 is 45.2 Å². The van der Waals surface area contributed by atoms with Gasteiger partial charge >= 0.3 is 0 Å². The van der Waals surface area contributed by atoms with Crippen molar-refractivity contribution in [2.75, 3.05) is 0 Å². The molecule has 0 aliphatic carbocycles. The molecular formula is C8H6I2O2. The molecule has 1 aromatic carbocycles. The third kappa shape index (κ3) is 1.73. The lowest BCUT2D eigenvalue weighted by molar-refractivity contribution is 0.112. The fraction of sp³-hybridized carbons (Fsp3) is 0.125. The number of aromatic hydroxyl groups is 1. The van der Waals surface area contributed by atoms with Gasteiger partial charge in [0.05, 0.1) is 7.14 Å². The first kappa shape index (κ1) is 10.2. The molecule has 0 saturated carbocycles. The van der Waals surface area contributed by atoms with Gasteiger partial charge in [0.25, 0.3) is 0 Å². The quantitative estimate of drug-likeness (QED) is 0.594. The number of hydrogen-bond acceptors (Lipinski definition) is 2. The van der Waals surface area contributed by atoms with Crippen LogP contribution in [0.1, 0.15) is 15.9 Å². The van der Waals surface area contributed by atoms with Crippen LogP contribution in [0.25, 0.3) is 0 Å².